The molecule has 0 saturated carbocycles. The molecular weight excluding hydrogens is 731 g/mol. The summed E-state index contributed by atoms with van der Waals surface area (Å²) in [5, 5.41) is 7.66. The van der Waals surface area contributed by atoms with Crippen LogP contribution in [0.5, 0.6) is 0 Å². The van der Waals surface area contributed by atoms with Gasteiger partial charge in [0.2, 0.25) is 0 Å². The van der Waals surface area contributed by atoms with Crippen LogP contribution in [-0.4, -0.2) is 0 Å². The summed E-state index contributed by atoms with van der Waals surface area (Å²) in [6.07, 6.45) is 0. The number of nitrogens with zero attached hydrogens (tertiary/aromatic N) is 1. The van der Waals surface area contributed by atoms with E-state index >= 15 is 0 Å². The maximum Gasteiger partial charge on any atom is 0.0547 e. The monoisotopic (exact) mass is 775 g/mol. The van der Waals surface area contributed by atoms with Crippen LogP contribution >= 0.6 is 11.3 Å². The van der Waals surface area contributed by atoms with Crippen molar-refractivity contribution in [1.82, 2.24) is 0 Å². The average Bonchev–Trinajstić information content (AvgIpc) is 3.74. The number of thiophene rings is 1. The van der Waals surface area contributed by atoms with Gasteiger partial charge in [-0.3, -0.25) is 0 Å². The van der Waals surface area contributed by atoms with E-state index in [0.717, 1.165) is 17.1 Å². The number of hydrogen-bond acceptors (Lipinski definition) is 2. The van der Waals surface area contributed by atoms with E-state index in [1.807, 2.05) is 11.3 Å². The van der Waals surface area contributed by atoms with Gasteiger partial charge in [-0.25, -0.2) is 0 Å². The van der Waals surface area contributed by atoms with Crippen LogP contribution in [0.1, 0.15) is 51.3 Å². The predicted octanol–water partition coefficient (Wildman–Crippen LogP) is 16.8. The van der Waals surface area contributed by atoms with Crippen LogP contribution in [0, 0.1) is 0 Å². The van der Waals surface area contributed by atoms with Crippen molar-refractivity contribution >= 4 is 70.1 Å². The van der Waals surface area contributed by atoms with Crippen molar-refractivity contribution in [1.29, 1.82) is 0 Å². The molecular formula is C57H45NS. The third-order valence-electron chi connectivity index (χ3n) is 12.8. The molecule has 0 radical (unpaired) electrons. The first-order chi connectivity index (χ1) is 28.6. The molecule has 59 heavy (non-hydrogen) atoms. The van der Waals surface area contributed by atoms with Crippen LogP contribution in [0.3, 0.4) is 0 Å². The molecule has 0 bridgehead atoms. The second-order valence-electron chi connectivity index (χ2n) is 17.8. The normalized spacial score (nSPS) is 13.3. The molecule has 0 amide bonds. The molecule has 1 aliphatic carbocycles. The molecule has 0 saturated heterocycles. The second-order valence-corrected chi connectivity index (χ2v) is 18.8. The molecule has 1 heterocycles. The fourth-order valence-electron chi connectivity index (χ4n) is 9.63. The van der Waals surface area contributed by atoms with E-state index in [9.17, 15) is 0 Å². The van der Waals surface area contributed by atoms with Gasteiger partial charge >= 0.3 is 0 Å². The molecule has 1 aliphatic rings. The molecule has 9 aromatic carbocycles. The lowest BCUT2D eigenvalue weighted by Gasteiger charge is -2.30. The topological polar surface area (TPSA) is 3.24 Å². The molecule has 284 valence electrons. The first-order valence-corrected chi connectivity index (χ1v) is 21.6. The third-order valence-corrected chi connectivity index (χ3v) is 14.0. The van der Waals surface area contributed by atoms with E-state index in [1.54, 1.807) is 0 Å². The maximum absolute atomic E-state index is 2.51. The number of anilines is 3. The molecule has 0 unspecified atom stereocenters. The highest BCUT2D eigenvalue weighted by molar-refractivity contribution is 7.26. The summed E-state index contributed by atoms with van der Waals surface area (Å²) in [5.41, 5.74) is 15.1. The summed E-state index contributed by atoms with van der Waals surface area (Å²) in [7, 11) is 0. The van der Waals surface area contributed by atoms with Gasteiger partial charge in [0.1, 0.15) is 0 Å². The molecule has 0 fully saturated rings. The Morgan fingerprint density at radius 1 is 0.458 bits per heavy atom. The number of rotatable bonds is 5. The van der Waals surface area contributed by atoms with Crippen LogP contribution in [-0.2, 0) is 10.8 Å². The summed E-state index contributed by atoms with van der Waals surface area (Å²) in [6.45, 7) is 11.6. The molecule has 0 N–H and O–H groups in total. The summed E-state index contributed by atoms with van der Waals surface area (Å²) in [5.74, 6) is 0. The van der Waals surface area contributed by atoms with Gasteiger partial charge in [0.25, 0.3) is 0 Å². The zero-order valence-corrected chi connectivity index (χ0v) is 35.0. The van der Waals surface area contributed by atoms with Gasteiger partial charge < -0.3 is 4.90 Å². The summed E-state index contributed by atoms with van der Waals surface area (Å²) in [4.78, 5) is 2.51. The van der Waals surface area contributed by atoms with Crippen molar-refractivity contribution in [3.63, 3.8) is 0 Å². The fraction of sp³-hybridized carbons (Fsp3) is 0.123. The Labute approximate surface area is 350 Å². The van der Waals surface area contributed by atoms with Crippen molar-refractivity contribution < 1.29 is 0 Å². The fourth-order valence-corrected chi connectivity index (χ4v) is 10.9. The molecule has 0 aliphatic heterocycles. The number of hydrogen-bond donors (Lipinski definition) is 0. The van der Waals surface area contributed by atoms with Crippen molar-refractivity contribution in [2.45, 2.75) is 45.4 Å². The molecule has 1 nitrogen and oxygen atoms in total. The largest absolute Gasteiger partial charge is 0.310 e. The van der Waals surface area contributed by atoms with Crippen molar-refractivity contribution in [3.05, 3.63) is 199 Å². The van der Waals surface area contributed by atoms with E-state index < -0.39 is 0 Å². The number of benzene rings is 9. The van der Waals surface area contributed by atoms with Gasteiger partial charge in [-0.1, -0.05) is 168 Å². The van der Waals surface area contributed by atoms with E-state index in [4.69, 9.17) is 0 Å². The summed E-state index contributed by atoms with van der Waals surface area (Å²) >= 11 is 1.90. The Morgan fingerprint density at radius 3 is 1.81 bits per heavy atom. The Morgan fingerprint density at radius 2 is 1.07 bits per heavy atom. The Bertz CT molecular complexity index is 3270. The lowest BCUT2D eigenvalue weighted by molar-refractivity contribution is 0.590. The lowest BCUT2D eigenvalue weighted by atomic mass is 9.82. The highest BCUT2D eigenvalue weighted by Crippen LogP contribution is 2.53. The Balaban J connectivity index is 1.16. The maximum atomic E-state index is 2.51. The van der Waals surface area contributed by atoms with E-state index in [2.05, 4.69) is 222 Å². The van der Waals surface area contributed by atoms with Crippen LogP contribution in [0.2, 0.25) is 0 Å². The smallest absolute Gasteiger partial charge is 0.0547 e. The first-order valence-electron chi connectivity index (χ1n) is 20.8. The number of fused-ring (bicyclic) bond motifs is 8. The standard InChI is InChI=1S/C57H45NS/c1-56(2,3)41-26-21-36(22-27-41)37-23-28-42(29-24-37)58(43-30-31-50-49(35-43)48-33-39-14-6-7-15-40(39)34-51(48)57(50,4)5)52-32-25-38-13-8-9-16-44(38)54(52)47-19-12-18-46-45-17-10-11-20-53(45)59-55(46)47/h6-35H,1-5H3. The van der Waals surface area contributed by atoms with E-state index in [-0.39, 0.29) is 10.8 Å². The van der Waals surface area contributed by atoms with Gasteiger partial charge in [-0.2, -0.15) is 0 Å². The van der Waals surface area contributed by atoms with E-state index in [1.165, 1.54) is 91.8 Å². The van der Waals surface area contributed by atoms with Crippen molar-refractivity contribution in [3.8, 4) is 33.4 Å². The van der Waals surface area contributed by atoms with Crippen LogP contribution in [0.25, 0.3) is 75.1 Å². The Kier molecular flexibility index (Phi) is 8.03. The molecule has 2 heteroatoms. The Hall–Kier alpha value is -6.48. The lowest BCUT2D eigenvalue weighted by Crippen LogP contribution is -2.15. The highest BCUT2D eigenvalue weighted by Gasteiger charge is 2.36. The van der Waals surface area contributed by atoms with Crippen LogP contribution in [0.15, 0.2) is 182 Å². The van der Waals surface area contributed by atoms with Crippen LogP contribution in [0.4, 0.5) is 17.1 Å². The second kappa shape index (κ2) is 13.3. The molecule has 0 atom stereocenters. The molecule has 1 aromatic heterocycles. The molecule has 10 aromatic rings. The zero-order valence-electron chi connectivity index (χ0n) is 34.2. The first kappa shape index (κ1) is 35.7. The minimum atomic E-state index is -0.118. The van der Waals surface area contributed by atoms with E-state index in [0.29, 0.717) is 0 Å². The molecule has 11 rings (SSSR count). The van der Waals surface area contributed by atoms with Gasteiger partial charge in [0.05, 0.1) is 5.69 Å². The van der Waals surface area contributed by atoms with Gasteiger partial charge in [0.15, 0.2) is 0 Å². The molecule has 0 spiro atoms. The average molecular weight is 776 g/mol. The SMILES string of the molecule is CC(C)(C)c1ccc(-c2ccc(N(c3ccc4c(c3)-c3cc5ccccc5cc3C4(C)C)c3ccc4ccccc4c3-c3cccc4c3sc3ccccc34)cc2)cc1. The third kappa shape index (κ3) is 5.73. The summed E-state index contributed by atoms with van der Waals surface area (Å²) < 4.78 is 2.63. The van der Waals surface area contributed by atoms with Gasteiger partial charge in [-0.05, 0) is 114 Å². The van der Waals surface area contributed by atoms with Crippen LogP contribution < -0.4 is 4.90 Å². The van der Waals surface area contributed by atoms with Gasteiger partial charge in [0, 0.05) is 48.1 Å². The highest BCUT2D eigenvalue weighted by atomic mass is 32.1. The minimum absolute atomic E-state index is 0.110. The quantitative estimate of drug-likeness (QED) is 0.168. The van der Waals surface area contributed by atoms with Crippen molar-refractivity contribution in [2.24, 2.45) is 0 Å². The zero-order chi connectivity index (χ0) is 40.0. The van der Waals surface area contributed by atoms with Crippen molar-refractivity contribution in [2.75, 3.05) is 4.90 Å². The summed E-state index contributed by atoms with van der Waals surface area (Å²) in [6, 6.07) is 68.3. The minimum Gasteiger partial charge on any atom is -0.310 e. The van der Waals surface area contributed by atoms with Gasteiger partial charge in [-0.15, -0.1) is 11.3 Å². The predicted molar refractivity (Wildman–Crippen MR) is 256 cm³/mol.